The van der Waals surface area contributed by atoms with Gasteiger partial charge in [0.05, 0.1) is 11.6 Å². The highest BCUT2D eigenvalue weighted by molar-refractivity contribution is 6.04. The third-order valence-electron chi connectivity index (χ3n) is 7.57. The number of carbonyl (C=O) groups is 2. The standard InChI is InChI=1S/C30H34N6O3/c1-20(35-15-12-26(37)13-16-35)21-4-6-22(7-5-21)29(38)33-28-19-25(10-14-32-28)34(3)24-8-9-27-23(18-24)11-17-36(27)30(39)31-2/h4-11,14,17-20,26,37H,12-13,15-16H2,1-3H3,(H,31,39)(H,32,33,38). The molecule has 4 aromatic rings. The van der Waals surface area contributed by atoms with Crippen LogP contribution in [-0.4, -0.2) is 64.8 Å². The Morgan fingerprint density at radius 3 is 2.46 bits per heavy atom. The van der Waals surface area contributed by atoms with Crippen LogP contribution in [0.25, 0.3) is 10.9 Å². The summed E-state index contributed by atoms with van der Waals surface area (Å²) in [6, 6.07) is 19.2. The number of benzene rings is 2. The number of nitrogens with one attached hydrogen (secondary N) is 2. The van der Waals surface area contributed by atoms with E-state index in [1.165, 1.54) is 0 Å². The van der Waals surface area contributed by atoms with Crippen LogP contribution in [-0.2, 0) is 0 Å². The van der Waals surface area contributed by atoms with E-state index in [1.54, 1.807) is 24.0 Å². The smallest absolute Gasteiger partial charge is 0.325 e. The molecule has 39 heavy (non-hydrogen) atoms. The number of aliphatic hydroxyl groups excluding tert-OH is 1. The van der Waals surface area contributed by atoms with Crippen molar-refractivity contribution in [2.24, 2.45) is 0 Å². The summed E-state index contributed by atoms with van der Waals surface area (Å²) in [5, 5.41) is 16.3. The van der Waals surface area contributed by atoms with Crippen molar-refractivity contribution in [1.29, 1.82) is 0 Å². The lowest BCUT2D eigenvalue weighted by atomic mass is 10.0. The summed E-state index contributed by atoms with van der Waals surface area (Å²) >= 11 is 0. The monoisotopic (exact) mass is 526 g/mol. The van der Waals surface area contributed by atoms with Crippen molar-refractivity contribution >= 4 is 40.0 Å². The molecule has 3 N–H and O–H groups in total. The van der Waals surface area contributed by atoms with E-state index in [9.17, 15) is 14.7 Å². The number of carbonyl (C=O) groups excluding carboxylic acids is 2. The number of piperidine rings is 1. The zero-order valence-corrected chi connectivity index (χ0v) is 22.5. The predicted octanol–water partition coefficient (Wildman–Crippen LogP) is 4.76. The fraction of sp³-hybridized carbons (Fsp3) is 0.300. The molecule has 1 saturated heterocycles. The predicted molar refractivity (Wildman–Crippen MR) is 154 cm³/mol. The summed E-state index contributed by atoms with van der Waals surface area (Å²) in [5.41, 5.74) is 4.33. The molecule has 0 spiro atoms. The number of aliphatic hydroxyl groups is 1. The zero-order chi connectivity index (χ0) is 27.5. The lowest BCUT2D eigenvalue weighted by Crippen LogP contribution is -2.37. The molecule has 5 rings (SSSR count). The molecule has 1 aliphatic rings. The molecule has 9 heteroatoms. The Labute approximate surface area is 228 Å². The second-order valence-electron chi connectivity index (χ2n) is 9.96. The lowest BCUT2D eigenvalue weighted by molar-refractivity contribution is 0.0645. The maximum Gasteiger partial charge on any atom is 0.325 e. The summed E-state index contributed by atoms with van der Waals surface area (Å²) in [7, 11) is 3.55. The number of nitrogens with zero attached hydrogens (tertiary/aromatic N) is 4. The Morgan fingerprint density at radius 2 is 1.74 bits per heavy atom. The molecule has 1 aliphatic heterocycles. The van der Waals surface area contributed by atoms with Gasteiger partial charge in [-0.1, -0.05) is 12.1 Å². The summed E-state index contributed by atoms with van der Waals surface area (Å²) in [4.78, 5) is 33.8. The van der Waals surface area contributed by atoms with Gasteiger partial charge >= 0.3 is 6.03 Å². The Kier molecular flexibility index (Phi) is 7.63. The number of fused-ring (bicyclic) bond motifs is 1. The molecule has 1 fully saturated rings. The van der Waals surface area contributed by atoms with E-state index in [0.717, 1.165) is 53.8 Å². The molecule has 0 aliphatic carbocycles. The van der Waals surface area contributed by atoms with Gasteiger partial charge in [0.15, 0.2) is 0 Å². The second kappa shape index (κ2) is 11.3. The van der Waals surface area contributed by atoms with Crippen LogP contribution in [0.4, 0.5) is 22.0 Å². The second-order valence-corrected chi connectivity index (χ2v) is 9.96. The van der Waals surface area contributed by atoms with Crippen molar-refractivity contribution in [3.05, 3.63) is 84.2 Å². The summed E-state index contributed by atoms with van der Waals surface area (Å²) in [6.45, 7) is 3.91. The molecule has 1 atom stereocenters. The van der Waals surface area contributed by atoms with Crippen molar-refractivity contribution in [1.82, 2.24) is 19.8 Å². The van der Waals surface area contributed by atoms with Crippen molar-refractivity contribution in [2.45, 2.75) is 31.9 Å². The van der Waals surface area contributed by atoms with E-state index in [-0.39, 0.29) is 24.1 Å². The Bertz CT molecular complexity index is 1470. The molecule has 202 valence electrons. The first-order chi connectivity index (χ1) is 18.8. The SMILES string of the molecule is CNC(=O)n1ccc2cc(N(C)c3ccnc(NC(=O)c4ccc(C(C)N5CCC(O)CC5)cc4)c3)ccc21. The number of pyridine rings is 1. The zero-order valence-electron chi connectivity index (χ0n) is 22.5. The fourth-order valence-corrected chi connectivity index (χ4v) is 5.07. The maximum atomic E-state index is 13.0. The Morgan fingerprint density at radius 1 is 1.03 bits per heavy atom. The highest BCUT2D eigenvalue weighted by Crippen LogP contribution is 2.29. The molecule has 0 bridgehead atoms. The van der Waals surface area contributed by atoms with Gasteiger partial charge in [0.2, 0.25) is 0 Å². The van der Waals surface area contributed by atoms with E-state index in [2.05, 4.69) is 27.4 Å². The van der Waals surface area contributed by atoms with Crippen molar-refractivity contribution in [3.63, 3.8) is 0 Å². The van der Waals surface area contributed by atoms with Crippen LogP contribution in [0.15, 0.2) is 73.1 Å². The molecule has 3 heterocycles. The minimum Gasteiger partial charge on any atom is -0.393 e. The third-order valence-corrected chi connectivity index (χ3v) is 7.57. The van der Waals surface area contributed by atoms with E-state index in [4.69, 9.17) is 0 Å². The van der Waals surface area contributed by atoms with Gasteiger partial charge in [-0.25, -0.2) is 9.78 Å². The van der Waals surface area contributed by atoms with Crippen LogP contribution in [0.1, 0.15) is 41.7 Å². The molecule has 0 saturated carbocycles. The number of rotatable bonds is 6. The van der Waals surface area contributed by atoms with Crippen LogP contribution in [0.5, 0.6) is 0 Å². The quantitative estimate of drug-likeness (QED) is 0.335. The number of likely N-dealkylation sites (tertiary alicyclic amines) is 1. The molecule has 9 nitrogen and oxygen atoms in total. The number of aromatic nitrogens is 2. The summed E-state index contributed by atoms with van der Waals surface area (Å²) in [5.74, 6) is 0.236. The minimum absolute atomic E-state index is 0.187. The maximum absolute atomic E-state index is 13.0. The third kappa shape index (κ3) is 5.64. The van der Waals surface area contributed by atoms with Gasteiger partial charge in [-0.2, -0.15) is 0 Å². The molecule has 1 unspecified atom stereocenters. The highest BCUT2D eigenvalue weighted by atomic mass is 16.3. The normalized spacial score (nSPS) is 15.2. The number of hydrogen-bond acceptors (Lipinski definition) is 6. The molecule has 0 radical (unpaired) electrons. The van der Waals surface area contributed by atoms with Gasteiger partial charge in [-0.05, 0) is 67.8 Å². The van der Waals surface area contributed by atoms with Crippen molar-refractivity contribution < 1.29 is 14.7 Å². The molecule has 2 aromatic heterocycles. The summed E-state index contributed by atoms with van der Waals surface area (Å²) in [6.07, 6.45) is 4.82. The molecular weight excluding hydrogens is 492 g/mol. The van der Waals surface area contributed by atoms with Crippen LogP contribution < -0.4 is 15.5 Å². The van der Waals surface area contributed by atoms with Crippen LogP contribution in [0.2, 0.25) is 0 Å². The minimum atomic E-state index is -0.223. The summed E-state index contributed by atoms with van der Waals surface area (Å²) < 4.78 is 1.57. The molecular formula is C30H34N6O3. The van der Waals surface area contributed by atoms with Gasteiger partial charge in [0.25, 0.3) is 5.91 Å². The van der Waals surface area contributed by atoms with Crippen molar-refractivity contribution in [3.8, 4) is 0 Å². The van der Waals surface area contributed by atoms with Crippen LogP contribution >= 0.6 is 0 Å². The largest absolute Gasteiger partial charge is 0.393 e. The fourth-order valence-electron chi connectivity index (χ4n) is 5.07. The number of anilines is 3. The lowest BCUT2D eigenvalue weighted by Gasteiger charge is -2.34. The van der Waals surface area contributed by atoms with Crippen molar-refractivity contribution in [2.75, 3.05) is 37.4 Å². The van der Waals surface area contributed by atoms with Gasteiger partial charge in [0, 0.05) is 74.0 Å². The van der Waals surface area contributed by atoms with Gasteiger partial charge < -0.3 is 20.6 Å². The Hall–Kier alpha value is -4.21. The van der Waals surface area contributed by atoms with E-state index < -0.39 is 0 Å². The van der Waals surface area contributed by atoms with Gasteiger partial charge in [-0.15, -0.1) is 0 Å². The first kappa shape index (κ1) is 26.4. The average Bonchev–Trinajstić information content (AvgIpc) is 3.40. The van der Waals surface area contributed by atoms with E-state index in [0.29, 0.717) is 11.4 Å². The molecule has 2 amide bonds. The van der Waals surface area contributed by atoms with E-state index >= 15 is 0 Å². The van der Waals surface area contributed by atoms with E-state index in [1.807, 2.05) is 72.6 Å². The number of amides is 2. The topological polar surface area (TPSA) is 103 Å². The van der Waals surface area contributed by atoms with Gasteiger partial charge in [0.1, 0.15) is 5.82 Å². The molecule has 2 aromatic carbocycles. The first-order valence-electron chi connectivity index (χ1n) is 13.2. The van der Waals surface area contributed by atoms with Crippen LogP contribution in [0, 0.1) is 0 Å². The highest BCUT2D eigenvalue weighted by Gasteiger charge is 2.22. The first-order valence-corrected chi connectivity index (χ1v) is 13.2. The Balaban J connectivity index is 1.26. The van der Waals surface area contributed by atoms with Crippen LogP contribution in [0.3, 0.4) is 0 Å². The number of hydrogen-bond donors (Lipinski definition) is 3. The van der Waals surface area contributed by atoms with Gasteiger partial charge in [-0.3, -0.25) is 14.3 Å². The average molecular weight is 527 g/mol.